The van der Waals surface area contributed by atoms with Gasteiger partial charge in [-0.05, 0) is 49.2 Å². The van der Waals surface area contributed by atoms with E-state index in [1.165, 1.54) is 0 Å². The first-order valence-corrected chi connectivity index (χ1v) is 7.93. The molecule has 1 unspecified atom stereocenters. The highest BCUT2D eigenvalue weighted by Crippen LogP contribution is 2.27. The van der Waals surface area contributed by atoms with Gasteiger partial charge in [0.25, 0.3) is 0 Å². The molecule has 0 aliphatic rings. The maximum atomic E-state index is 12.8. The zero-order valence-electron chi connectivity index (χ0n) is 13.5. The number of carboxylic acids is 1. The minimum absolute atomic E-state index is 0.131. The lowest BCUT2D eigenvalue weighted by atomic mass is 10.00. The molecule has 0 saturated carbocycles. The number of halogens is 1. The van der Waals surface area contributed by atoms with Gasteiger partial charge in [0.05, 0.1) is 11.6 Å². The Kier molecular flexibility index (Phi) is 5.26. The van der Waals surface area contributed by atoms with Crippen molar-refractivity contribution in [3.63, 3.8) is 0 Å². The monoisotopic (exact) mass is 333 g/mol. The van der Waals surface area contributed by atoms with E-state index in [2.05, 4.69) is 0 Å². The molecule has 0 aliphatic carbocycles. The number of hydrogen-bond acceptors (Lipinski definition) is 2. The van der Waals surface area contributed by atoms with Crippen LogP contribution in [0.3, 0.4) is 0 Å². The molecule has 4 nitrogen and oxygen atoms in total. The maximum Gasteiger partial charge on any atom is 0.312 e. The summed E-state index contributed by atoms with van der Waals surface area (Å²) in [5.74, 6) is -1.60. The van der Waals surface area contributed by atoms with Crippen LogP contribution in [0.2, 0.25) is 5.02 Å². The fraction of sp³-hybridized carbons (Fsp3) is 0.333. The van der Waals surface area contributed by atoms with Crippen molar-refractivity contribution in [2.45, 2.75) is 32.6 Å². The Morgan fingerprint density at radius 2 is 1.87 bits per heavy atom. The van der Waals surface area contributed by atoms with E-state index < -0.39 is 11.9 Å². The van der Waals surface area contributed by atoms with Crippen LogP contribution in [0.4, 0.5) is 0 Å². The molecular weight excluding hydrogens is 314 g/mol. The number of aliphatic carboxylic acids is 1. The summed E-state index contributed by atoms with van der Waals surface area (Å²) in [5, 5.41) is 10.0. The number of nitrogens with zero attached hydrogens (tertiary/aromatic N) is 1. The minimum atomic E-state index is -0.863. The number of aromatic nitrogens is 1. The maximum absolute atomic E-state index is 12.8. The van der Waals surface area contributed by atoms with E-state index in [-0.39, 0.29) is 5.78 Å². The Morgan fingerprint density at radius 3 is 2.39 bits per heavy atom. The third kappa shape index (κ3) is 3.48. The van der Waals surface area contributed by atoms with Gasteiger partial charge in [-0.15, -0.1) is 0 Å². The van der Waals surface area contributed by atoms with Crippen LogP contribution in [-0.4, -0.2) is 21.4 Å². The molecule has 122 valence electrons. The molecule has 2 rings (SSSR count). The second kappa shape index (κ2) is 7.01. The van der Waals surface area contributed by atoms with Crippen molar-refractivity contribution in [3.05, 3.63) is 57.9 Å². The van der Waals surface area contributed by atoms with Crippen LogP contribution in [0.1, 0.15) is 53.0 Å². The predicted octanol–water partition coefficient (Wildman–Crippen LogP) is 4.19. The van der Waals surface area contributed by atoms with Gasteiger partial charge in [-0.2, -0.15) is 0 Å². The first kappa shape index (κ1) is 17.3. The van der Waals surface area contributed by atoms with E-state index in [9.17, 15) is 14.7 Å². The summed E-state index contributed by atoms with van der Waals surface area (Å²) in [4.78, 5) is 24.3. The van der Waals surface area contributed by atoms with E-state index >= 15 is 0 Å². The average molecular weight is 334 g/mol. The summed E-state index contributed by atoms with van der Waals surface area (Å²) < 4.78 is 1.71. The molecule has 5 heteroatoms. The van der Waals surface area contributed by atoms with Crippen molar-refractivity contribution >= 4 is 23.4 Å². The molecule has 1 N–H and O–H groups in total. The van der Waals surface area contributed by atoms with Gasteiger partial charge >= 0.3 is 5.97 Å². The van der Waals surface area contributed by atoms with Crippen LogP contribution in [0.15, 0.2) is 30.3 Å². The van der Waals surface area contributed by atoms with Gasteiger partial charge < -0.3 is 9.67 Å². The molecule has 0 amide bonds. The highest BCUT2D eigenvalue weighted by atomic mass is 35.5. The van der Waals surface area contributed by atoms with Crippen LogP contribution in [0, 0.1) is 6.92 Å². The van der Waals surface area contributed by atoms with Gasteiger partial charge in [-0.3, -0.25) is 9.59 Å². The quantitative estimate of drug-likeness (QED) is 0.806. The zero-order valence-corrected chi connectivity index (χ0v) is 14.2. The molecule has 0 aliphatic heterocycles. The second-order valence-electron chi connectivity index (χ2n) is 5.68. The van der Waals surface area contributed by atoms with Crippen LogP contribution < -0.4 is 0 Å². The summed E-state index contributed by atoms with van der Waals surface area (Å²) in [6, 6.07) is 8.50. The summed E-state index contributed by atoms with van der Waals surface area (Å²) in [5.41, 5.74) is 2.50. The highest BCUT2D eigenvalue weighted by molar-refractivity contribution is 6.30. The normalized spacial score (nSPS) is 12.2. The lowest BCUT2D eigenvalue weighted by Gasteiger charge is -2.14. The van der Waals surface area contributed by atoms with E-state index in [0.717, 1.165) is 12.0 Å². The SMILES string of the molecule is CCCC(C(=O)O)c1cc(C)c(C(=O)c2ccc(Cl)cc2)n1C. The molecule has 0 fully saturated rings. The highest BCUT2D eigenvalue weighted by Gasteiger charge is 2.26. The molecule has 0 bridgehead atoms. The predicted molar refractivity (Wildman–Crippen MR) is 90.3 cm³/mol. The molecule has 1 atom stereocenters. The van der Waals surface area contributed by atoms with Crippen LogP contribution in [0.25, 0.3) is 0 Å². The Morgan fingerprint density at radius 1 is 1.26 bits per heavy atom. The van der Waals surface area contributed by atoms with Gasteiger partial charge in [0, 0.05) is 23.3 Å². The number of carboxylic acid groups (broad SMARTS) is 1. The van der Waals surface area contributed by atoms with Gasteiger partial charge in [-0.25, -0.2) is 0 Å². The lowest BCUT2D eigenvalue weighted by Crippen LogP contribution is -2.17. The third-order valence-electron chi connectivity index (χ3n) is 4.01. The molecule has 0 saturated heterocycles. The molecular formula is C18H20ClNO3. The lowest BCUT2D eigenvalue weighted by molar-refractivity contribution is -0.139. The number of carbonyl (C=O) groups excluding carboxylic acids is 1. The van der Waals surface area contributed by atoms with E-state index in [0.29, 0.717) is 28.4 Å². The van der Waals surface area contributed by atoms with Gasteiger partial charge in [-0.1, -0.05) is 24.9 Å². The first-order chi connectivity index (χ1) is 10.9. The smallest absolute Gasteiger partial charge is 0.312 e. The summed E-state index contributed by atoms with van der Waals surface area (Å²) >= 11 is 5.86. The molecule has 1 heterocycles. The van der Waals surface area contributed by atoms with Crippen LogP contribution in [0.5, 0.6) is 0 Å². The molecule has 1 aromatic heterocycles. The van der Waals surface area contributed by atoms with Gasteiger partial charge in [0.1, 0.15) is 0 Å². The van der Waals surface area contributed by atoms with Crippen LogP contribution >= 0.6 is 11.6 Å². The Bertz CT molecular complexity index is 731. The summed E-state index contributed by atoms with van der Waals surface area (Å²) in [6.07, 6.45) is 1.31. The summed E-state index contributed by atoms with van der Waals surface area (Å²) in [7, 11) is 1.75. The van der Waals surface area contributed by atoms with E-state index in [1.807, 2.05) is 13.8 Å². The van der Waals surface area contributed by atoms with Gasteiger partial charge in [0.2, 0.25) is 5.78 Å². The van der Waals surface area contributed by atoms with Crippen LogP contribution in [-0.2, 0) is 11.8 Å². The number of benzene rings is 1. The Labute approximate surface area is 140 Å². The molecule has 1 aromatic carbocycles. The number of carbonyl (C=O) groups is 2. The fourth-order valence-electron chi connectivity index (χ4n) is 2.87. The molecule has 0 spiro atoms. The molecule has 0 radical (unpaired) electrons. The zero-order chi connectivity index (χ0) is 17.1. The Balaban J connectivity index is 2.46. The van der Waals surface area contributed by atoms with Crippen molar-refractivity contribution in [1.82, 2.24) is 4.57 Å². The number of rotatable bonds is 6. The summed E-state index contributed by atoms with van der Waals surface area (Å²) in [6.45, 7) is 3.78. The fourth-order valence-corrected chi connectivity index (χ4v) is 3.00. The standard InChI is InChI=1S/C18H20ClNO3/c1-4-5-14(18(22)23)15-10-11(2)16(20(15)3)17(21)12-6-8-13(19)9-7-12/h6-10,14H,4-5H2,1-3H3,(H,22,23). The van der Waals surface area contributed by atoms with Gasteiger partial charge in [0.15, 0.2) is 0 Å². The van der Waals surface area contributed by atoms with E-state index in [1.54, 1.807) is 41.9 Å². The number of aryl methyl sites for hydroxylation is 1. The molecule has 23 heavy (non-hydrogen) atoms. The number of hydrogen-bond donors (Lipinski definition) is 1. The van der Waals surface area contributed by atoms with Crippen molar-refractivity contribution in [2.24, 2.45) is 7.05 Å². The Hall–Kier alpha value is -2.07. The minimum Gasteiger partial charge on any atom is -0.481 e. The van der Waals surface area contributed by atoms with Crippen molar-refractivity contribution in [1.29, 1.82) is 0 Å². The van der Waals surface area contributed by atoms with Crippen molar-refractivity contribution in [2.75, 3.05) is 0 Å². The topological polar surface area (TPSA) is 59.3 Å². The average Bonchev–Trinajstić information content (AvgIpc) is 2.79. The van der Waals surface area contributed by atoms with Crippen molar-refractivity contribution < 1.29 is 14.7 Å². The largest absolute Gasteiger partial charge is 0.481 e. The first-order valence-electron chi connectivity index (χ1n) is 7.56. The number of ketones is 1. The van der Waals surface area contributed by atoms with E-state index in [4.69, 9.17) is 11.6 Å². The molecule has 2 aromatic rings. The third-order valence-corrected chi connectivity index (χ3v) is 4.27. The van der Waals surface area contributed by atoms with Crippen molar-refractivity contribution in [3.8, 4) is 0 Å². The second-order valence-corrected chi connectivity index (χ2v) is 6.11.